The van der Waals surface area contributed by atoms with Gasteiger partial charge in [0.1, 0.15) is 0 Å². The molecule has 1 aromatic carbocycles. The summed E-state index contributed by atoms with van der Waals surface area (Å²) in [5, 5.41) is 13.1. The number of carbonyl (C=O) groups is 1. The van der Waals surface area contributed by atoms with E-state index in [2.05, 4.69) is 20.8 Å². The maximum absolute atomic E-state index is 12.6. The van der Waals surface area contributed by atoms with E-state index in [-0.39, 0.29) is 24.1 Å². The molecule has 7 nitrogen and oxygen atoms in total. The first-order valence-corrected chi connectivity index (χ1v) is 10.2. The Morgan fingerprint density at radius 1 is 1.30 bits per heavy atom. The number of hydrogen-bond acceptors (Lipinski definition) is 5. The van der Waals surface area contributed by atoms with E-state index in [1.54, 1.807) is 45.0 Å². The van der Waals surface area contributed by atoms with Crippen molar-refractivity contribution >= 4 is 33.8 Å². The number of aromatic nitrogens is 2. The number of anilines is 1. The van der Waals surface area contributed by atoms with Gasteiger partial charge in [-0.1, -0.05) is 12.1 Å². The summed E-state index contributed by atoms with van der Waals surface area (Å²) in [5.74, 6) is -0.371. The summed E-state index contributed by atoms with van der Waals surface area (Å²) in [6, 6.07) is 6.92. The van der Waals surface area contributed by atoms with Crippen LogP contribution in [-0.4, -0.2) is 35.8 Å². The molecule has 2 heterocycles. The Balaban J connectivity index is 0.00000261. The van der Waals surface area contributed by atoms with Gasteiger partial charge in [-0.2, -0.15) is 5.10 Å². The average Bonchev–Trinajstić information content (AvgIpc) is 2.97. The van der Waals surface area contributed by atoms with Crippen molar-refractivity contribution in [3.63, 3.8) is 0 Å². The SMILES string of the molecule is CC(C)(C)S(=O)(=O)Cc1cccc(NC(=O)c2n[nH]c3c2CNCC3)c1.Cl. The number of fused-ring (bicyclic) bond motifs is 1. The fraction of sp³-hybridized carbons (Fsp3) is 0.444. The number of nitrogens with one attached hydrogen (secondary N) is 3. The lowest BCUT2D eigenvalue weighted by molar-refractivity contribution is 0.102. The van der Waals surface area contributed by atoms with Gasteiger partial charge in [0.15, 0.2) is 15.5 Å². The molecule has 0 unspecified atom stereocenters. The number of amides is 1. The number of hydrogen-bond donors (Lipinski definition) is 3. The summed E-state index contributed by atoms with van der Waals surface area (Å²) in [6.07, 6.45) is 0.815. The van der Waals surface area contributed by atoms with Gasteiger partial charge in [-0.15, -0.1) is 12.4 Å². The summed E-state index contributed by atoms with van der Waals surface area (Å²) in [6.45, 7) is 6.52. The van der Waals surface area contributed by atoms with Crippen LogP contribution in [0.4, 0.5) is 5.69 Å². The molecule has 27 heavy (non-hydrogen) atoms. The lowest BCUT2D eigenvalue weighted by atomic mass is 10.1. The van der Waals surface area contributed by atoms with E-state index in [1.807, 2.05) is 0 Å². The molecule has 0 radical (unpaired) electrons. The Bertz CT molecular complexity index is 932. The number of carbonyl (C=O) groups excluding carboxylic acids is 1. The zero-order valence-electron chi connectivity index (χ0n) is 15.6. The first-order chi connectivity index (χ1) is 12.2. The topological polar surface area (TPSA) is 104 Å². The van der Waals surface area contributed by atoms with E-state index in [4.69, 9.17) is 0 Å². The fourth-order valence-electron chi connectivity index (χ4n) is 2.78. The van der Waals surface area contributed by atoms with Crippen LogP contribution in [0.5, 0.6) is 0 Å². The van der Waals surface area contributed by atoms with Crippen LogP contribution in [0.15, 0.2) is 24.3 Å². The van der Waals surface area contributed by atoms with Gasteiger partial charge in [0.25, 0.3) is 5.91 Å². The van der Waals surface area contributed by atoms with Crippen molar-refractivity contribution in [1.29, 1.82) is 0 Å². The van der Waals surface area contributed by atoms with Gasteiger partial charge in [0.2, 0.25) is 0 Å². The van der Waals surface area contributed by atoms with Crippen molar-refractivity contribution in [3.8, 4) is 0 Å². The molecular formula is C18H25ClN4O3S. The number of sulfone groups is 1. The molecule has 0 bridgehead atoms. The first-order valence-electron chi connectivity index (χ1n) is 8.57. The van der Waals surface area contributed by atoms with Crippen molar-refractivity contribution < 1.29 is 13.2 Å². The molecule has 0 saturated heterocycles. The van der Waals surface area contributed by atoms with Crippen LogP contribution >= 0.6 is 12.4 Å². The summed E-state index contributed by atoms with van der Waals surface area (Å²) in [7, 11) is -3.29. The molecule has 9 heteroatoms. The Labute approximate surface area is 165 Å². The standard InChI is InChI=1S/C18H24N4O3S.ClH/c1-18(2,3)26(24,25)11-12-5-4-6-13(9-12)20-17(23)16-14-10-19-8-7-15(14)21-22-16;/h4-6,9,19H,7-8,10-11H2,1-3H3,(H,20,23)(H,21,22);1H. The molecule has 1 aliphatic rings. The number of nitrogens with zero attached hydrogens (tertiary/aromatic N) is 1. The molecule has 0 aliphatic carbocycles. The summed E-state index contributed by atoms with van der Waals surface area (Å²) >= 11 is 0. The van der Waals surface area contributed by atoms with Crippen LogP contribution in [0, 0.1) is 0 Å². The van der Waals surface area contributed by atoms with E-state index >= 15 is 0 Å². The van der Waals surface area contributed by atoms with Crippen molar-refractivity contribution in [3.05, 3.63) is 46.8 Å². The third-order valence-electron chi connectivity index (χ3n) is 4.50. The molecule has 0 fully saturated rings. The van der Waals surface area contributed by atoms with Gasteiger partial charge in [-0.25, -0.2) is 8.42 Å². The maximum atomic E-state index is 12.6. The second-order valence-electron chi connectivity index (χ2n) is 7.48. The highest BCUT2D eigenvalue weighted by Crippen LogP contribution is 2.23. The Morgan fingerprint density at radius 3 is 2.74 bits per heavy atom. The summed E-state index contributed by atoms with van der Waals surface area (Å²) in [5.41, 5.74) is 3.44. The monoisotopic (exact) mass is 412 g/mol. The molecule has 1 aromatic heterocycles. The second kappa shape index (κ2) is 8.00. The lowest BCUT2D eigenvalue weighted by Gasteiger charge is -2.19. The van der Waals surface area contributed by atoms with Gasteiger partial charge in [0.05, 0.1) is 10.5 Å². The molecule has 0 atom stereocenters. The lowest BCUT2D eigenvalue weighted by Crippen LogP contribution is -2.29. The summed E-state index contributed by atoms with van der Waals surface area (Å²) < 4.78 is 24.0. The van der Waals surface area contributed by atoms with Gasteiger partial charge in [-0.05, 0) is 38.5 Å². The number of rotatable bonds is 4. The van der Waals surface area contributed by atoms with Crippen LogP contribution in [0.2, 0.25) is 0 Å². The van der Waals surface area contributed by atoms with Crippen molar-refractivity contribution in [1.82, 2.24) is 15.5 Å². The zero-order chi connectivity index (χ0) is 18.9. The molecule has 1 amide bonds. The number of aromatic amines is 1. The Kier molecular flexibility index (Phi) is 6.34. The number of halogens is 1. The molecule has 0 spiro atoms. The van der Waals surface area contributed by atoms with Crippen LogP contribution in [0.3, 0.4) is 0 Å². The minimum absolute atomic E-state index is 0. The van der Waals surface area contributed by atoms with Crippen molar-refractivity contribution in [2.24, 2.45) is 0 Å². The smallest absolute Gasteiger partial charge is 0.276 e. The maximum Gasteiger partial charge on any atom is 0.276 e. The van der Waals surface area contributed by atoms with Crippen LogP contribution in [0.1, 0.15) is 48.1 Å². The molecule has 3 N–H and O–H groups in total. The molecule has 3 rings (SSSR count). The van der Waals surface area contributed by atoms with Gasteiger partial charge < -0.3 is 10.6 Å². The molecule has 148 valence electrons. The average molecular weight is 413 g/mol. The number of benzene rings is 1. The van der Waals surface area contributed by atoms with E-state index in [0.29, 0.717) is 23.5 Å². The van der Waals surface area contributed by atoms with Crippen molar-refractivity contribution in [2.45, 2.75) is 44.2 Å². The van der Waals surface area contributed by atoms with Gasteiger partial charge in [-0.3, -0.25) is 9.89 Å². The Morgan fingerprint density at radius 2 is 2.04 bits per heavy atom. The first kappa shape index (κ1) is 21.4. The molecular weight excluding hydrogens is 388 g/mol. The second-order valence-corrected chi connectivity index (χ2v) is 10.2. The van der Waals surface area contributed by atoms with E-state index < -0.39 is 14.6 Å². The number of H-pyrrole nitrogens is 1. The van der Waals surface area contributed by atoms with Crippen LogP contribution in [0.25, 0.3) is 0 Å². The normalized spacial score (nSPS) is 14.2. The third-order valence-corrected chi connectivity index (χ3v) is 7.08. The van der Waals surface area contributed by atoms with E-state index in [9.17, 15) is 13.2 Å². The molecule has 1 aliphatic heterocycles. The summed E-state index contributed by atoms with van der Waals surface area (Å²) in [4.78, 5) is 12.6. The van der Waals surface area contributed by atoms with Crippen molar-refractivity contribution in [2.75, 3.05) is 11.9 Å². The minimum atomic E-state index is -3.29. The van der Waals surface area contributed by atoms with Gasteiger partial charge in [0, 0.05) is 36.5 Å². The molecule has 2 aromatic rings. The van der Waals surface area contributed by atoms with Crippen LogP contribution in [-0.2, 0) is 28.6 Å². The quantitative estimate of drug-likeness (QED) is 0.715. The van der Waals surface area contributed by atoms with E-state index in [0.717, 1.165) is 24.2 Å². The fourth-order valence-corrected chi connectivity index (χ4v) is 3.83. The van der Waals surface area contributed by atoms with Crippen LogP contribution < -0.4 is 10.6 Å². The highest BCUT2D eigenvalue weighted by atomic mass is 35.5. The Hall–Kier alpha value is -1.90. The molecule has 0 saturated carbocycles. The predicted molar refractivity (Wildman–Crippen MR) is 108 cm³/mol. The minimum Gasteiger partial charge on any atom is -0.321 e. The van der Waals surface area contributed by atoms with Gasteiger partial charge >= 0.3 is 0 Å². The largest absolute Gasteiger partial charge is 0.321 e. The zero-order valence-corrected chi connectivity index (χ0v) is 17.3. The predicted octanol–water partition coefficient (Wildman–Crippen LogP) is 2.44. The third kappa shape index (κ3) is 4.69. The highest BCUT2D eigenvalue weighted by molar-refractivity contribution is 7.91. The van der Waals surface area contributed by atoms with E-state index in [1.165, 1.54) is 0 Å². The highest BCUT2D eigenvalue weighted by Gasteiger charge is 2.29.